The van der Waals surface area contributed by atoms with Crippen molar-refractivity contribution in [2.24, 2.45) is 5.92 Å². The molecule has 2 fully saturated rings. The molecular weight excluding hydrogens is 230 g/mol. The Morgan fingerprint density at radius 2 is 2.33 bits per heavy atom. The molecule has 0 aromatic rings. The molecule has 1 saturated heterocycles. The third kappa shape index (κ3) is 3.01. The van der Waals surface area contributed by atoms with Crippen LogP contribution in [0, 0.1) is 17.2 Å². The summed E-state index contributed by atoms with van der Waals surface area (Å²) >= 11 is 0. The molecule has 0 spiro atoms. The summed E-state index contributed by atoms with van der Waals surface area (Å²) in [5.41, 5.74) is 0. The lowest BCUT2D eigenvalue weighted by molar-refractivity contribution is -0.142. The number of nitrogens with zero attached hydrogens (tertiary/aromatic N) is 3. The molecule has 5 heteroatoms. The highest BCUT2D eigenvalue weighted by Gasteiger charge is 2.33. The van der Waals surface area contributed by atoms with E-state index in [1.165, 1.54) is 24.2 Å². The van der Waals surface area contributed by atoms with Crippen LogP contribution in [-0.2, 0) is 9.53 Å². The van der Waals surface area contributed by atoms with Gasteiger partial charge in [-0.15, -0.1) is 0 Å². The number of carbonyl (C=O) groups is 1. The maximum absolute atomic E-state index is 12.2. The first-order valence-corrected chi connectivity index (χ1v) is 6.66. The number of hydrogen-bond donors (Lipinski definition) is 0. The molecule has 1 heterocycles. The Bertz CT molecular complexity index is 336. The Hall–Kier alpha value is -1.12. The van der Waals surface area contributed by atoms with Crippen molar-refractivity contribution in [2.75, 3.05) is 39.9 Å². The van der Waals surface area contributed by atoms with Gasteiger partial charge in [0.05, 0.1) is 19.3 Å². The summed E-state index contributed by atoms with van der Waals surface area (Å²) in [7, 11) is 1.68. The zero-order valence-electron chi connectivity index (χ0n) is 11.0. The van der Waals surface area contributed by atoms with Crippen molar-refractivity contribution >= 4 is 5.91 Å². The molecule has 100 valence electrons. The monoisotopic (exact) mass is 251 g/mol. The van der Waals surface area contributed by atoms with E-state index in [0.717, 1.165) is 19.0 Å². The fraction of sp³-hybridized carbons (Fsp3) is 0.846. The Morgan fingerprint density at radius 3 is 2.94 bits per heavy atom. The number of rotatable bonds is 4. The van der Waals surface area contributed by atoms with Gasteiger partial charge in [0.2, 0.25) is 5.91 Å². The Morgan fingerprint density at radius 1 is 1.56 bits per heavy atom. The molecule has 1 amide bonds. The number of hydrogen-bond acceptors (Lipinski definition) is 4. The highest BCUT2D eigenvalue weighted by molar-refractivity contribution is 5.82. The van der Waals surface area contributed by atoms with Gasteiger partial charge in [-0.1, -0.05) is 6.42 Å². The van der Waals surface area contributed by atoms with Crippen LogP contribution in [0.4, 0.5) is 0 Å². The average Bonchev–Trinajstić information content (AvgIpc) is 2.34. The Kier molecular flexibility index (Phi) is 4.56. The van der Waals surface area contributed by atoms with Gasteiger partial charge in [-0.3, -0.25) is 9.69 Å². The molecular formula is C13H21N3O2. The van der Waals surface area contributed by atoms with Crippen LogP contribution in [0.1, 0.15) is 19.3 Å². The van der Waals surface area contributed by atoms with Gasteiger partial charge in [0.25, 0.3) is 0 Å². The number of nitriles is 1. The maximum Gasteiger partial charge on any atom is 0.242 e. The summed E-state index contributed by atoms with van der Waals surface area (Å²) in [6.45, 7) is 3.14. The van der Waals surface area contributed by atoms with Gasteiger partial charge in [0.1, 0.15) is 12.6 Å². The molecule has 1 aliphatic carbocycles. The minimum absolute atomic E-state index is 0.00979. The van der Waals surface area contributed by atoms with Crippen molar-refractivity contribution < 1.29 is 9.53 Å². The Balaban J connectivity index is 1.93. The second-order valence-corrected chi connectivity index (χ2v) is 5.23. The number of amides is 1. The fourth-order valence-corrected chi connectivity index (χ4v) is 2.53. The molecule has 1 saturated carbocycles. The number of likely N-dealkylation sites (N-methyl/N-ethyl adjacent to an activating group) is 1. The van der Waals surface area contributed by atoms with Crippen LogP contribution in [0.15, 0.2) is 0 Å². The lowest BCUT2D eigenvalue weighted by Crippen LogP contribution is -2.55. The molecule has 0 N–H and O–H groups in total. The van der Waals surface area contributed by atoms with Gasteiger partial charge in [-0.25, -0.2) is 0 Å². The SMILES string of the molecule is CN(CC#N)C(=O)C1COCCN1CC1CCC1. The summed E-state index contributed by atoms with van der Waals surface area (Å²) in [5, 5.41) is 8.65. The minimum atomic E-state index is -0.197. The molecule has 18 heavy (non-hydrogen) atoms. The normalized spacial score (nSPS) is 25.2. The molecule has 0 bridgehead atoms. The molecule has 1 atom stereocenters. The molecule has 5 nitrogen and oxygen atoms in total. The zero-order chi connectivity index (χ0) is 13.0. The summed E-state index contributed by atoms with van der Waals surface area (Å²) in [6.07, 6.45) is 3.89. The van der Waals surface area contributed by atoms with Crippen molar-refractivity contribution in [1.82, 2.24) is 9.80 Å². The quantitative estimate of drug-likeness (QED) is 0.682. The van der Waals surface area contributed by atoms with Crippen molar-refractivity contribution in [2.45, 2.75) is 25.3 Å². The standard InChI is InChI=1S/C13H21N3O2/c1-15(6-5-14)13(17)12-10-18-8-7-16(12)9-11-3-2-4-11/h11-12H,2-4,6-10H2,1H3. The average molecular weight is 251 g/mol. The summed E-state index contributed by atoms with van der Waals surface area (Å²) in [5.74, 6) is 0.759. The van der Waals surface area contributed by atoms with Gasteiger partial charge < -0.3 is 9.64 Å². The van der Waals surface area contributed by atoms with Crippen LogP contribution < -0.4 is 0 Å². The molecule has 2 aliphatic rings. The first-order valence-electron chi connectivity index (χ1n) is 6.66. The van der Waals surface area contributed by atoms with E-state index < -0.39 is 0 Å². The second kappa shape index (κ2) is 6.17. The highest BCUT2D eigenvalue weighted by Crippen LogP contribution is 2.28. The lowest BCUT2D eigenvalue weighted by atomic mass is 9.84. The number of carbonyl (C=O) groups excluding carboxylic acids is 1. The van der Waals surface area contributed by atoms with Gasteiger partial charge >= 0.3 is 0 Å². The van der Waals surface area contributed by atoms with Crippen LogP contribution in [0.2, 0.25) is 0 Å². The van der Waals surface area contributed by atoms with Crippen LogP contribution in [0.5, 0.6) is 0 Å². The topological polar surface area (TPSA) is 56.6 Å². The van der Waals surface area contributed by atoms with Gasteiger partial charge in [-0.05, 0) is 18.8 Å². The molecule has 0 radical (unpaired) electrons. The first kappa shape index (κ1) is 13.3. The van der Waals surface area contributed by atoms with E-state index in [9.17, 15) is 4.79 Å². The van der Waals surface area contributed by atoms with Crippen LogP contribution >= 0.6 is 0 Å². The molecule has 1 unspecified atom stereocenters. The third-order valence-electron chi connectivity index (χ3n) is 3.93. The van der Waals surface area contributed by atoms with Gasteiger partial charge in [0.15, 0.2) is 0 Å². The summed E-state index contributed by atoms with van der Waals surface area (Å²) in [6, 6.07) is 1.81. The Labute approximate surface area is 108 Å². The summed E-state index contributed by atoms with van der Waals surface area (Å²) < 4.78 is 5.42. The maximum atomic E-state index is 12.2. The molecule has 2 rings (SSSR count). The van der Waals surface area contributed by atoms with E-state index in [-0.39, 0.29) is 18.5 Å². The van der Waals surface area contributed by atoms with E-state index >= 15 is 0 Å². The van der Waals surface area contributed by atoms with E-state index in [1.807, 2.05) is 6.07 Å². The van der Waals surface area contributed by atoms with Crippen LogP contribution in [0.25, 0.3) is 0 Å². The predicted molar refractivity (Wildman–Crippen MR) is 66.8 cm³/mol. The number of ether oxygens (including phenoxy) is 1. The van der Waals surface area contributed by atoms with Crippen LogP contribution in [0.3, 0.4) is 0 Å². The van der Waals surface area contributed by atoms with Crippen molar-refractivity contribution in [1.29, 1.82) is 5.26 Å². The van der Waals surface area contributed by atoms with Gasteiger partial charge in [0, 0.05) is 20.1 Å². The van der Waals surface area contributed by atoms with Crippen molar-refractivity contribution in [3.63, 3.8) is 0 Å². The zero-order valence-corrected chi connectivity index (χ0v) is 11.0. The number of morpholine rings is 1. The molecule has 0 aromatic heterocycles. The van der Waals surface area contributed by atoms with E-state index in [2.05, 4.69) is 4.90 Å². The third-order valence-corrected chi connectivity index (χ3v) is 3.93. The van der Waals surface area contributed by atoms with E-state index in [1.54, 1.807) is 7.05 Å². The fourth-order valence-electron chi connectivity index (χ4n) is 2.53. The van der Waals surface area contributed by atoms with Crippen molar-refractivity contribution in [3.8, 4) is 6.07 Å². The second-order valence-electron chi connectivity index (χ2n) is 5.23. The largest absolute Gasteiger partial charge is 0.378 e. The van der Waals surface area contributed by atoms with E-state index in [0.29, 0.717) is 13.2 Å². The highest BCUT2D eigenvalue weighted by atomic mass is 16.5. The van der Waals surface area contributed by atoms with Crippen molar-refractivity contribution in [3.05, 3.63) is 0 Å². The predicted octanol–water partition coefficient (Wildman–Crippen LogP) is 0.469. The molecule has 1 aliphatic heterocycles. The lowest BCUT2D eigenvalue weighted by Gasteiger charge is -2.40. The van der Waals surface area contributed by atoms with E-state index in [4.69, 9.17) is 10.00 Å². The van der Waals surface area contributed by atoms with Gasteiger partial charge in [-0.2, -0.15) is 5.26 Å². The first-order chi connectivity index (χ1) is 8.72. The summed E-state index contributed by atoms with van der Waals surface area (Å²) in [4.78, 5) is 16.0. The molecule has 0 aromatic carbocycles. The van der Waals surface area contributed by atoms with Crippen LogP contribution in [-0.4, -0.2) is 61.6 Å². The smallest absolute Gasteiger partial charge is 0.242 e. The minimum Gasteiger partial charge on any atom is -0.378 e.